The summed E-state index contributed by atoms with van der Waals surface area (Å²) in [7, 11) is 2.15. The average Bonchev–Trinajstić information content (AvgIpc) is 3.34. The molecule has 13 heteroatoms. The van der Waals surface area contributed by atoms with Crippen molar-refractivity contribution in [3.8, 4) is 11.5 Å². The zero-order valence-corrected chi connectivity index (χ0v) is 25.4. The predicted molar refractivity (Wildman–Crippen MR) is 158 cm³/mol. The Bertz CT molecular complexity index is 1320. The monoisotopic (exact) mass is 613 g/mol. The van der Waals surface area contributed by atoms with Crippen LogP contribution in [0, 0.1) is 5.92 Å². The Morgan fingerprint density at radius 1 is 1.27 bits per heavy atom. The van der Waals surface area contributed by atoms with Gasteiger partial charge < -0.3 is 40.7 Å². The van der Waals surface area contributed by atoms with Crippen LogP contribution in [0.2, 0.25) is 0 Å². The van der Waals surface area contributed by atoms with Gasteiger partial charge >= 0.3 is 12.1 Å². The zero-order chi connectivity index (χ0) is 31.6. The van der Waals surface area contributed by atoms with Gasteiger partial charge in [0.05, 0.1) is 0 Å². The van der Waals surface area contributed by atoms with E-state index in [0.29, 0.717) is 62.2 Å². The Hall–Kier alpha value is -3.71. The number of nitrogens with one attached hydrogen (secondary N) is 2. The van der Waals surface area contributed by atoms with Crippen molar-refractivity contribution in [3.05, 3.63) is 23.3 Å². The highest BCUT2D eigenvalue weighted by atomic mass is 16.6. The molecule has 2 fully saturated rings. The number of likely N-dealkylation sites (N-methyl/N-ethyl adjacent to an activating group) is 2. The number of piperidine rings is 1. The topological polar surface area (TPSA) is 181 Å². The molecule has 44 heavy (non-hydrogen) atoms. The summed E-state index contributed by atoms with van der Waals surface area (Å²) in [6.45, 7) is 3.65. The molecular weight excluding hydrogens is 570 g/mol. The van der Waals surface area contributed by atoms with Crippen molar-refractivity contribution in [2.24, 2.45) is 11.7 Å². The first kappa shape index (κ1) is 31.7. The zero-order valence-electron chi connectivity index (χ0n) is 25.4. The van der Waals surface area contributed by atoms with Gasteiger partial charge in [-0.05, 0) is 83.1 Å². The molecule has 2 aliphatic heterocycles. The quantitative estimate of drug-likeness (QED) is 0.185. The molecule has 2 aliphatic carbocycles. The van der Waals surface area contributed by atoms with Gasteiger partial charge in [0.2, 0.25) is 11.8 Å². The second-order valence-electron chi connectivity index (χ2n) is 12.3. The van der Waals surface area contributed by atoms with Gasteiger partial charge in [-0.25, -0.2) is 4.79 Å². The molecular formula is C31H43N5O8. The molecule has 13 nitrogen and oxygen atoms in total. The van der Waals surface area contributed by atoms with Gasteiger partial charge in [-0.2, -0.15) is 0 Å². The minimum atomic E-state index is -1.29. The first-order valence-corrected chi connectivity index (χ1v) is 15.6. The lowest BCUT2D eigenvalue weighted by molar-refractivity contribution is -0.142. The summed E-state index contributed by atoms with van der Waals surface area (Å²) < 4.78 is 12.3. The van der Waals surface area contributed by atoms with Gasteiger partial charge in [0.25, 0.3) is 0 Å². The lowest BCUT2D eigenvalue weighted by Gasteiger charge is -2.57. The normalized spacial score (nSPS) is 25.3. The molecule has 1 spiro atoms. The van der Waals surface area contributed by atoms with E-state index in [-0.39, 0.29) is 24.3 Å². The number of carbonyl (C=O) groups excluding carboxylic acids is 4. The van der Waals surface area contributed by atoms with E-state index in [1.54, 1.807) is 13.0 Å². The van der Waals surface area contributed by atoms with Gasteiger partial charge in [0.1, 0.15) is 12.5 Å². The first-order valence-electron chi connectivity index (χ1n) is 15.6. The van der Waals surface area contributed by atoms with Crippen LogP contribution in [0.25, 0.3) is 0 Å². The Kier molecular flexibility index (Phi) is 9.45. The van der Waals surface area contributed by atoms with Gasteiger partial charge in [0.15, 0.2) is 23.4 Å². The number of unbranched alkanes of at least 4 members (excludes halogenated alkanes) is 1. The van der Waals surface area contributed by atoms with E-state index in [0.717, 1.165) is 36.9 Å². The Labute approximate surface area is 256 Å². The Morgan fingerprint density at radius 2 is 2.07 bits per heavy atom. The molecule has 240 valence electrons. The number of amides is 3. The number of likely N-dealkylation sites (tertiary alicyclic amines) is 1. The maximum Gasteiger partial charge on any atom is 0.415 e. The maximum absolute atomic E-state index is 13.3. The number of nitrogens with two attached hydrogens (primary N) is 1. The third-order valence-corrected chi connectivity index (χ3v) is 9.80. The van der Waals surface area contributed by atoms with Crippen molar-refractivity contribution in [1.29, 1.82) is 0 Å². The van der Waals surface area contributed by atoms with Crippen molar-refractivity contribution >= 4 is 29.7 Å². The molecule has 1 aromatic rings. The highest BCUT2D eigenvalue weighted by molar-refractivity contribution is 5.96. The highest BCUT2D eigenvalue weighted by Crippen LogP contribution is 2.63. The number of benzene rings is 1. The maximum atomic E-state index is 13.3. The number of ketones is 1. The lowest BCUT2D eigenvalue weighted by Crippen LogP contribution is -2.65. The number of carboxylic acid groups (broad SMARTS) is 1. The van der Waals surface area contributed by atoms with Crippen molar-refractivity contribution in [1.82, 2.24) is 20.4 Å². The predicted octanol–water partition coefficient (Wildman–Crippen LogP) is 0.950. The number of carboxylic acids is 1. The van der Waals surface area contributed by atoms with Crippen LogP contribution in [0.5, 0.6) is 11.5 Å². The first-order chi connectivity index (χ1) is 21.1. The number of nitrogens with zero attached hydrogens (tertiary/aromatic N) is 2. The SMILES string of the molecule is CCN(CCNC(=O)[C@H](CCCCN)NC(=O)CC(=O)O)C(=O)Oc1ccc2c3c1O[C@H]1C(=O)CC[C@H]4[C@@H](C2)N(C)CCC314. The number of ether oxygens (including phenoxy) is 2. The molecule has 2 bridgehead atoms. The number of Topliss-reactive ketones (excluding diaryl/α,β-unsaturated/α-hetero) is 1. The molecule has 2 heterocycles. The second-order valence-corrected chi connectivity index (χ2v) is 12.3. The van der Waals surface area contributed by atoms with Crippen LogP contribution >= 0.6 is 0 Å². The third kappa shape index (κ3) is 5.86. The second kappa shape index (κ2) is 13.1. The molecule has 1 unspecified atom stereocenters. The molecule has 0 radical (unpaired) electrons. The van der Waals surface area contributed by atoms with Gasteiger partial charge in [-0.15, -0.1) is 0 Å². The smallest absolute Gasteiger partial charge is 0.415 e. The van der Waals surface area contributed by atoms with E-state index in [1.165, 1.54) is 4.90 Å². The largest absolute Gasteiger partial charge is 0.481 e. The van der Waals surface area contributed by atoms with E-state index in [4.69, 9.17) is 20.3 Å². The molecule has 5 rings (SSSR count). The van der Waals surface area contributed by atoms with Crippen LogP contribution in [-0.4, -0.2) is 103 Å². The van der Waals surface area contributed by atoms with Gasteiger partial charge in [-0.1, -0.05) is 6.07 Å². The van der Waals surface area contributed by atoms with Crippen molar-refractivity contribution in [2.45, 2.75) is 81.9 Å². The average molecular weight is 614 g/mol. The third-order valence-electron chi connectivity index (χ3n) is 9.80. The summed E-state index contributed by atoms with van der Waals surface area (Å²) in [6.07, 6.45) is 2.65. The summed E-state index contributed by atoms with van der Waals surface area (Å²) in [5.74, 6) is -1.30. The van der Waals surface area contributed by atoms with E-state index in [2.05, 4.69) is 22.6 Å². The summed E-state index contributed by atoms with van der Waals surface area (Å²) in [6, 6.07) is 3.19. The van der Waals surface area contributed by atoms with Crippen LogP contribution in [-0.2, 0) is 31.0 Å². The fourth-order valence-electron chi connectivity index (χ4n) is 7.71. The van der Waals surface area contributed by atoms with Gasteiger partial charge in [0, 0.05) is 43.1 Å². The minimum Gasteiger partial charge on any atom is -0.481 e. The molecule has 1 saturated heterocycles. The molecule has 0 aromatic heterocycles. The van der Waals surface area contributed by atoms with E-state index in [9.17, 15) is 24.0 Å². The van der Waals surface area contributed by atoms with E-state index >= 15 is 0 Å². The Balaban J connectivity index is 1.24. The molecule has 1 aromatic carbocycles. The Morgan fingerprint density at radius 3 is 2.80 bits per heavy atom. The van der Waals surface area contributed by atoms with Crippen molar-refractivity contribution in [3.63, 3.8) is 0 Å². The van der Waals surface area contributed by atoms with Crippen LogP contribution < -0.4 is 25.8 Å². The van der Waals surface area contributed by atoms with Crippen LogP contribution in [0.4, 0.5) is 4.79 Å². The van der Waals surface area contributed by atoms with Crippen molar-refractivity contribution < 1.29 is 38.6 Å². The van der Waals surface area contributed by atoms with Crippen molar-refractivity contribution in [2.75, 3.05) is 39.8 Å². The number of hydrogen-bond acceptors (Lipinski definition) is 9. The molecule has 5 N–H and O–H groups in total. The summed E-state index contributed by atoms with van der Waals surface area (Å²) in [5, 5.41) is 14.1. The number of hydrogen-bond donors (Lipinski definition) is 4. The van der Waals surface area contributed by atoms with E-state index < -0.39 is 42.4 Å². The number of rotatable bonds is 13. The molecule has 4 aliphatic rings. The summed E-state index contributed by atoms with van der Waals surface area (Å²) >= 11 is 0. The van der Waals surface area contributed by atoms with Crippen LogP contribution in [0.15, 0.2) is 12.1 Å². The molecule has 3 amide bonds. The molecule has 1 saturated carbocycles. The fourth-order valence-corrected chi connectivity index (χ4v) is 7.71. The number of carbonyl (C=O) groups is 5. The van der Waals surface area contributed by atoms with Crippen LogP contribution in [0.3, 0.4) is 0 Å². The molecule has 5 atom stereocenters. The summed E-state index contributed by atoms with van der Waals surface area (Å²) in [5.41, 5.74) is 7.35. The fraction of sp³-hybridized carbons (Fsp3) is 0.645. The van der Waals surface area contributed by atoms with E-state index in [1.807, 2.05) is 6.07 Å². The highest BCUT2D eigenvalue weighted by Gasteiger charge is 2.65. The lowest BCUT2D eigenvalue weighted by atomic mass is 9.52. The summed E-state index contributed by atoms with van der Waals surface area (Å²) in [4.78, 5) is 66.0. The number of aliphatic carboxylic acids is 1. The van der Waals surface area contributed by atoms with Crippen LogP contribution in [0.1, 0.15) is 63.0 Å². The minimum absolute atomic E-state index is 0.0911. The van der Waals surface area contributed by atoms with Gasteiger partial charge in [-0.3, -0.25) is 19.2 Å². The standard InChI is InChI=1S/C31H43N5O8/c1-3-36(15-13-33-29(41)20(6-4-5-12-32)34-24(38)17-25(39)40)30(42)43-23-10-7-18-16-21-19-8-9-22(37)28-31(19,11-14-35(21)2)26(18)27(23)44-28/h7,10,19-21,28H,3-6,8-9,11-17,32H2,1-2H3,(H,33,41)(H,34,38)(H,39,40)/t19-,20-,21+,28-,31?/m0/s1.